The second kappa shape index (κ2) is 10.9. The number of fused-ring (bicyclic) bond motifs is 1. The minimum atomic E-state index is 0.00300. The summed E-state index contributed by atoms with van der Waals surface area (Å²) in [5.74, 6) is 1.45. The molecule has 0 spiro atoms. The molecule has 1 saturated carbocycles. The molecule has 34 heavy (non-hydrogen) atoms. The lowest BCUT2D eigenvalue weighted by atomic mass is 9.93. The van der Waals surface area contributed by atoms with Crippen molar-refractivity contribution in [2.75, 3.05) is 24.5 Å². The maximum Gasteiger partial charge on any atom is 0.315 e. The summed E-state index contributed by atoms with van der Waals surface area (Å²) < 4.78 is 0. The molecule has 2 fully saturated rings. The van der Waals surface area contributed by atoms with Crippen molar-refractivity contribution < 1.29 is 4.79 Å². The lowest BCUT2D eigenvalue weighted by Gasteiger charge is -2.32. The molecule has 2 amide bonds. The predicted molar refractivity (Wildman–Crippen MR) is 138 cm³/mol. The summed E-state index contributed by atoms with van der Waals surface area (Å²) in [5.41, 5.74) is 2.08. The number of nitrogens with zero attached hydrogens (tertiary/aromatic N) is 3. The molecule has 2 aromatic carbocycles. The molecule has 1 aliphatic heterocycles. The van der Waals surface area contributed by atoms with E-state index in [0.717, 1.165) is 68.9 Å². The van der Waals surface area contributed by atoms with Crippen LogP contribution in [0.15, 0.2) is 54.7 Å². The summed E-state index contributed by atoms with van der Waals surface area (Å²) in [7, 11) is 0. The molecule has 3 aromatic rings. The van der Waals surface area contributed by atoms with E-state index >= 15 is 0 Å². The standard InChI is InChI=1S/C28H35N5O/c34-28(31-25-8-2-1-3-9-25)30-16-12-21-14-18-33(19-15-21)27-29-17-13-26(32-27)24-11-10-22-6-4-5-7-23(22)20-24/h4-7,10-11,13,17,20-21,25H,1-3,8-9,12,14-16,18-19H2,(H2,30,31,34). The van der Waals surface area contributed by atoms with Crippen LogP contribution in [0.1, 0.15) is 51.4 Å². The smallest absolute Gasteiger partial charge is 0.315 e. The van der Waals surface area contributed by atoms with Crippen LogP contribution < -0.4 is 15.5 Å². The number of hydrogen-bond donors (Lipinski definition) is 2. The van der Waals surface area contributed by atoms with E-state index in [2.05, 4.69) is 63.0 Å². The van der Waals surface area contributed by atoms with Crippen LogP contribution in [0.2, 0.25) is 0 Å². The summed E-state index contributed by atoms with van der Waals surface area (Å²) in [4.78, 5) is 23.9. The lowest BCUT2D eigenvalue weighted by molar-refractivity contribution is 0.231. The van der Waals surface area contributed by atoms with Gasteiger partial charge in [0.15, 0.2) is 0 Å². The SMILES string of the molecule is O=C(NCCC1CCN(c2nccc(-c3ccc4ccccc4c3)n2)CC1)NC1CCCCC1. The Bertz CT molecular complexity index is 1100. The summed E-state index contributed by atoms with van der Waals surface area (Å²) in [5, 5.41) is 8.67. The average molecular weight is 458 g/mol. The van der Waals surface area contributed by atoms with Gasteiger partial charge in [-0.2, -0.15) is 0 Å². The molecule has 6 nitrogen and oxygen atoms in total. The monoisotopic (exact) mass is 457 g/mol. The number of carbonyl (C=O) groups is 1. The van der Waals surface area contributed by atoms with E-state index in [1.54, 1.807) is 0 Å². The number of urea groups is 1. The Labute approximate surface area is 202 Å². The van der Waals surface area contributed by atoms with Crippen LogP contribution in [-0.2, 0) is 0 Å². The quantitative estimate of drug-likeness (QED) is 0.510. The summed E-state index contributed by atoms with van der Waals surface area (Å²) in [6.45, 7) is 2.66. The van der Waals surface area contributed by atoms with Crippen molar-refractivity contribution >= 4 is 22.8 Å². The summed E-state index contributed by atoms with van der Waals surface area (Å²) in [6, 6.07) is 17.3. The normalized spacial score (nSPS) is 17.6. The highest BCUT2D eigenvalue weighted by molar-refractivity contribution is 5.86. The van der Waals surface area contributed by atoms with Crippen LogP contribution in [0, 0.1) is 5.92 Å². The third-order valence-electron chi connectivity index (χ3n) is 7.36. The Hall–Kier alpha value is -3.15. The lowest BCUT2D eigenvalue weighted by Crippen LogP contribution is -2.43. The molecule has 1 aliphatic carbocycles. The highest BCUT2D eigenvalue weighted by Crippen LogP contribution is 2.26. The van der Waals surface area contributed by atoms with E-state index in [1.165, 1.54) is 30.0 Å². The largest absolute Gasteiger partial charge is 0.341 e. The van der Waals surface area contributed by atoms with E-state index in [1.807, 2.05) is 12.3 Å². The van der Waals surface area contributed by atoms with Crippen molar-refractivity contribution in [1.29, 1.82) is 0 Å². The number of carbonyl (C=O) groups excluding carboxylic acids is 1. The molecule has 5 rings (SSSR count). The first-order valence-electron chi connectivity index (χ1n) is 12.9. The molecule has 2 N–H and O–H groups in total. The number of piperidine rings is 1. The van der Waals surface area contributed by atoms with E-state index < -0.39 is 0 Å². The van der Waals surface area contributed by atoms with Crippen LogP contribution in [0.4, 0.5) is 10.7 Å². The molecule has 0 bridgehead atoms. The Morgan fingerprint density at radius 3 is 2.56 bits per heavy atom. The molecular formula is C28H35N5O. The fourth-order valence-electron chi connectivity index (χ4n) is 5.31. The molecule has 2 aliphatic rings. The predicted octanol–water partition coefficient (Wildman–Crippen LogP) is 5.54. The number of benzene rings is 2. The average Bonchev–Trinajstić information content (AvgIpc) is 2.89. The zero-order chi connectivity index (χ0) is 23.2. The van der Waals surface area contributed by atoms with Gasteiger partial charge >= 0.3 is 6.03 Å². The van der Waals surface area contributed by atoms with E-state index in [4.69, 9.17) is 4.98 Å². The first kappa shape index (κ1) is 22.6. The first-order valence-corrected chi connectivity index (χ1v) is 12.9. The van der Waals surface area contributed by atoms with Crippen molar-refractivity contribution in [3.8, 4) is 11.3 Å². The van der Waals surface area contributed by atoms with Crippen LogP contribution in [-0.4, -0.2) is 41.7 Å². The fourth-order valence-corrected chi connectivity index (χ4v) is 5.31. The maximum absolute atomic E-state index is 12.2. The maximum atomic E-state index is 12.2. The van der Waals surface area contributed by atoms with Gasteiger partial charge in [0, 0.05) is 37.4 Å². The fraction of sp³-hybridized carbons (Fsp3) is 0.464. The van der Waals surface area contributed by atoms with Gasteiger partial charge in [0.05, 0.1) is 5.69 Å². The van der Waals surface area contributed by atoms with E-state index in [9.17, 15) is 4.79 Å². The van der Waals surface area contributed by atoms with Crippen LogP contribution >= 0.6 is 0 Å². The van der Waals surface area contributed by atoms with E-state index in [0.29, 0.717) is 12.0 Å². The highest BCUT2D eigenvalue weighted by Gasteiger charge is 2.22. The number of hydrogen-bond acceptors (Lipinski definition) is 4. The van der Waals surface area contributed by atoms with Crippen molar-refractivity contribution in [3.63, 3.8) is 0 Å². The van der Waals surface area contributed by atoms with Crippen LogP contribution in [0.3, 0.4) is 0 Å². The molecule has 0 unspecified atom stereocenters. The van der Waals surface area contributed by atoms with Gasteiger partial charge in [-0.05, 0) is 60.9 Å². The second-order valence-corrected chi connectivity index (χ2v) is 9.76. The van der Waals surface area contributed by atoms with Crippen molar-refractivity contribution in [2.45, 2.75) is 57.4 Å². The van der Waals surface area contributed by atoms with Crippen LogP contribution in [0.25, 0.3) is 22.0 Å². The number of aromatic nitrogens is 2. The molecule has 1 aromatic heterocycles. The Morgan fingerprint density at radius 2 is 1.74 bits per heavy atom. The Kier molecular flexibility index (Phi) is 7.22. The Morgan fingerprint density at radius 1 is 0.941 bits per heavy atom. The van der Waals surface area contributed by atoms with Gasteiger partial charge in [0.2, 0.25) is 5.95 Å². The molecule has 6 heteroatoms. The molecular weight excluding hydrogens is 422 g/mol. The van der Waals surface area contributed by atoms with Gasteiger partial charge in [0.25, 0.3) is 0 Å². The Balaban J connectivity index is 1.10. The van der Waals surface area contributed by atoms with Gasteiger partial charge in [-0.1, -0.05) is 55.7 Å². The van der Waals surface area contributed by atoms with Crippen molar-refractivity contribution in [3.05, 3.63) is 54.7 Å². The van der Waals surface area contributed by atoms with E-state index in [-0.39, 0.29) is 6.03 Å². The first-order chi connectivity index (χ1) is 16.7. The van der Waals surface area contributed by atoms with Gasteiger partial charge in [-0.15, -0.1) is 0 Å². The zero-order valence-electron chi connectivity index (χ0n) is 19.9. The number of nitrogens with one attached hydrogen (secondary N) is 2. The van der Waals surface area contributed by atoms with Gasteiger partial charge in [-0.3, -0.25) is 0 Å². The minimum absolute atomic E-state index is 0.00300. The number of amides is 2. The minimum Gasteiger partial charge on any atom is -0.341 e. The van der Waals surface area contributed by atoms with Gasteiger partial charge in [0.1, 0.15) is 0 Å². The van der Waals surface area contributed by atoms with Gasteiger partial charge < -0.3 is 15.5 Å². The number of rotatable bonds is 6. The number of anilines is 1. The molecule has 178 valence electrons. The molecule has 0 radical (unpaired) electrons. The summed E-state index contributed by atoms with van der Waals surface area (Å²) >= 11 is 0. The van der Waals surface area contributed by atoms with Gasteiger partial charge in [-0.25, -0.2) is 14.8 Å². The third-order valence-corrected chi connectivity index (χ3v) is 7.36. The molecule has 2 heterocycles. The van der Waals surface area contributed by atoms with Crippen LogP contribution in [0.5, 0.6) is 0 Å². The summed E-state index contributed by atoms with van der Waals surface area (Å²) in [6.07, 6.45) is 11.1. The molecule has 1 saturated heterocycles. The third kappa shape index (κ3) is 5.66. The van der Waals surface area contributed by atoms with Crippen molar-refractivity contribution in [1.82, 2.24) is 20.6 Å². The molecule has 0 atom stereocenters. The highest BCUT2D eigenvalue weighted by atomic mass is 16.2. The second-order valence-electron chi connectivity index (χ2n) is 9.76. The topological polar surface area (TPSA) is 70.2 Å². The van der Waals surface area contributed by atoms with Crippen molar-refractivity contribution in [2.24, 2.45) is 5.92 Å². The zero-order valence-corrected chi connectivity index (χ0v) is 19.9.